The van der Waals surface area contributed by atoms with Gasteiger partial charge in [-0.15, -0.1) is 10.2 Å². The van der Waals surface area contributed by atoms with Gasteiger partial charge in [-0.3, -0.25) is 4.79 Å². The number of nitrogens with one attached hydrogen (secondary N) is 1. The van der Waals surface area contributed by atoms with E-state index in [1.54, 1.807) is 12.1 Å². The molecule has 3 aromatic rings. The Morgan fingerprint density at radius 3 is 2.67 bits per heavy atom. The zero-order valence-corrected chi connectivity index (χ0v) is 14.7. The second-order valence-corrected chi connectivity index (χ2v) is 6.75. The lowest BCUT2D eigenvalue weighted by atomic mass is 10.1. The lowest BCUT2D eigenvalue weighted by Gasteiger charge is -2.15. The van der Waals surface area contributed by atoms with E-state index < -0.39 is 22.9 Å². The summed E-state index contributed by atoms with van der Waals surface area (Å²) < 4.78 is 45.4. The largest absolute Gasteiger partial charge is 0.461 e. The van der Waals surface area contributed by atoms with Crippen LogP contribution in [0.2, 0.25) is 0 Å². The molecule has 0 saturated carbocycles. The molecular formula is C16H14F3N5O2S. The van der Waals surface area contributed by atoms with Crippen LogP contribution in [-0.2, 0) is 11.0 Å². The molecule has 0 bridgehead atoms. The quantitative estimate of drug-likeness (QED) is 0.506. The van der Waals surface area contributed by atoms with E-state index in [1.165, 1.54) is 31.4 Å². The van der Waals surface area contributed by atoms with Crippen LogP contribution < -0.4 is 11.2 Å². The van der Waals surface area contributed by atoms with Gasteiger partial charge in [0.05, 0.1) is 22.8 Å². The minimum Gasteiger partial charge on any atom is -0.461 e. The number of furan rings is 1. The molecule has 0 fully saturated rings. The molecule has 0 radical (unpaired) electrons. The first-order chi connectivity index (χ1) is 12.8. The van der Waals surface area contributed by atoms with Crippen molar-refractivity contribution in [2.45, 2.75) is 23.5 Å². The number of alkyl halides is 3. The maximum atomic E-state index is 13.0. The fourth-order valence-electron chi connectivity index (χ4n) is 2.22. The Morgan fingerprint density at radius 1 is 1.26 bits per heavy atom. The summed E-state index contributed by atoms with van der Waals surface area (Å²) in [5, 5.41) is 9.52. The Kier molecular flexibility index (Phi) is 5.13. The molecule has 1 atom stereocenters. The average Bonchev–Trinajstić information content (AvgIpc) is 3.25. The standard InChI is InChI=1S/C16H14F3N5O2S/c1-9(14(25)21-11-6-3-2-5-10(11)16(17,18)19)27-15-23-22-13(24(15)20)12-7-4-8-26-12/h2-9H,20H2,1H3,(H,21,25)/t9-/m1/s1. The van der Waals surface area contributed by atoms with Crippen molar-refractivity contribution >= 4 is 23.4 Å². The summed E-state index contributed by atoms with van der Waals surface area (Å²) in [7, 11) is 0. The van der Waals surface area contributed by atoms with E-state index in [2.05, 4.69) is 15.5 Å². The van der Waals surface area contributed by atoms with Gasteiger partial charge >= 0.3 is 6.18 Å². The third-order valence-corrected chi connectivity index (χ3v) is 4.60. The molecule has 0 saturated heterocycles. The summed E-state index contributed by atoms with van der Waals surface area (Å²) in [6, 6.07) is 8.06. The number of rotatable bonds is 5. The first-order valence-corrected chi connectivity index (χ1v) is 8.53. The van der Waals surface area contributed by atoms with Crippen LogP contribution in [0.15, 0.2) is 52.2 Å². The van der Waals surface area contributed by atoms with Crippen LogP contribution in [0.1, 0.15) is 12.5 Å². The molecule has 0 spiro atoms. The van der Waals surface area contributed by atoms with Crippen molar-refractivity contribution in [2.75, 3.05) is 11.2 Å². The lowest BCUT2D eigenvalue weighted by Crippen LogP contribution is -2.25. The van der Waals surface area contributed by atoms with Gasteiger partial charge in [-0.25, -0.2) is 4.68 Å². The van der Waals surface area contributed by atoms with Crippen molar-refractivity contribution in [3.8, 4) is 11.6 Å². The SMILES string of the molecule is C[C@@H](Sc1nnc(-c2ccco2)n1N)C(=O)Nc1ccccc1C(F)(F)F. The van der Waals surface area contributed by atoms with Crippen molar-refractivity contribution in [3.63, 3.8) is 0 Å². The van der Waals surface area contributed by atoms with Crippen LogP contribution in [0.4, 0.5) is 18.9 Å². The van der Waals surface area contributed by atoms with Crippen molar-refractivity contribution in [2.24, 2.45) is 0 Å². The van der Waals surface area contributed by atoms with Crippen LogP contribution >= 0.6 is 11.8 Å². The van der Waals surface area contributed by atoms with Gasteiger partial charge in [0.25, 0.3) is 0 Å². The molecule has 27 heavy (non-hydrogen) atoms. The number of halogens is 3. The van der Waals surface area contributed by atoms with Gasteiger partial charge in [-0.2, -0.15) is 13.2 Å². The van der Waals surface area contributed by atoms with E-state index in [4.69, 9.17) is 10.3 Å². The molecule has 11 heteroatoms. The third-order valence-electron chi connectivity index (χ3n) is 3.55. The number of hydrogen-bond acceptors (Lipinski definition) is 6. The Balaban J connectivity index is 1.73. The highest BCUT2D eigenvalue weighted by atomic mass is 32.2. The van der Waals surface area contributed by atoms with Crippen molar-refractivity contribution in [3.05, 3.63) is 48.2 Å². The van der Waals surface area contributed by atoms with Gasteiger partial charge in [-0.05, 0) is 31.2 Å². The fourth-order valence-corrected chi connectivity index (χ4v) is 2.99. The fraction of sp³-hybridized carbons (Fsp3) is 0.188. The predicted octanol–water partition coefficient (Wildman–Crippen LogP) is 3.39. The minimum absolute atomic E-state index is 0.216. The number of aromatic nitrogens is 3. The van der Waals surface area contributed by atoms with E-state index in [1.807, 2.05) is 0 Å². The third kappa shape index (κ3) is 4.08. The topological polar surface area (TPSA) is 99.0 Å². The number of carbonyl (C=O) groups is 1. The van der Waals surface area contributed by atoms with Crippen LogP contribution in [-0.4, -0.2) is 26.0 Å². The zero-order valence-electron chi connectivity index (χ0n) is 13.9. The summed E-state index contributed by atoms with van der Waals surface area (Å²) in [5.74, 6) is 5.94. The number of nitrogens with two attached hydrogens (primary N) is 1. The van der Waals surface area contributed by atoms with Gasteiger partial charge in [0, 0.05) is 0 Å². The molecule has 0 aliphatic rings. The number of anilines is 1. The Morgan fingerprint density at radius 2 is 2.00 bits per heavy atom. The number of thioether (sulfide) groups is 1. The van der Waals surface area contributed by atoms with Crippen molar-refractivity contribution < 1.29 is 22.4 Å². The maximum absolute atomic E-state index is 13.0. The van der Waals surface area contributed by atoms with Gasteiger partial charge in [0.1, 0.15) is 0 Å². The maximum Gasteiger partial charge on any atom is 0.418 e. The number of hydrogen-bond donors (Lipinski definition) is 2. The van der Waals surface area contributed by atoms with Crippen LogP contribution in [0.3, 0.4) is 0 Å². The van der Waals surface area contributed by atoms with Gasteiger partial charge in [0.2, 0.25) is 16.9 Å². The average molecular weight is 397 g/mol. The summed E-state index contributed by atoms with van der Waals surface area (Å²) in [6.45, 7) is 1.53. The number of benzene rings is 1. The monoisotopic (exact) mass is 397 g/mol. The summed E-state index contributed by atoms with van der Waals surface area (Å²) >= 11 is 0.958. The molecule has 3 rings (SSSR count). The molecule has 2 heterocycles. The van der Waals surface area contributed by atoms with Crippen LogP contribution in [0.5, 0.6) is 0 Å². The van der Waals surface area contributed by atoms with Crippen LogP contribution in [0, 0.1) is 0 Å². The number of nitrogen functional groups attached to an aromatic ring is 1. The Bertz CT molecular complexity index is 940. The van der Waals surface area contributed by atoms with Gasteiger partial charge in [0.15, 0.2) is 5.76 Å². The molecule has 1 amide bonds. The normalized spacial score (nSPS) is 12.7. The number of amides is 1. The van der Waals surface area contributed by atoms with Crippen LogP contribution in [0.25, 0.3) is 11.6 Å². The molecule has 142 valence electrons. The molecule has 1 aromatic carbocycles. The number of para-hydroxylation sites is 1. The molecule has 3 N–H and O–H groups in total. The summed E-state index contributed by atoms with van der Waals surface area (Å²) in [4.78, 5) is 12.3. The number of carbonyl (C=O) groups excluding carboxylic acids is 1. The number of nitrogens with zero attached hydrogens (tertiary/aromatic N) is 3. The highest BCUT2D eigenvalue weighted by Gasteiger charge is 2.34. The Hall–Kier alpha value is -2.95. The molecule has 2 aromatic heterocycles. The van der Waals surface area contributed by atoms with Crippen molar-refractivity contribution in [1.29, 1.82) is 0 Å². The van der Waals surface area contributed by atoms with E-state index in [0.717, 1.165) is 22.5 Å². The second-order valence-electron chi connectivity index (χ2n) is 5.45. The second kappa shape index (κ2) is 7.35. The molecule has 0 unspecified atom stereocenters. The van der Waals surface area contributed by atoms with E-state index in [0.29, 0.717) is 5.76 Å². The first-order valence-electron chi connectivity index (χ1n) is 7.65. The van der Waals surface area contributed by atoms with E-state index in [9.17, 15) is 18.0 Å². The highest BCUT2D eigenvalue weighted by molar-refractivity contribution is 8.00. The molecular weight excluding hydrogens is 383 g/mol. The summed E-state index contributed by atoms with van der Waals surface area (Å²) in [5.41, 5.74) is -1.23. The van der Waals surface area contributed by atoms with E-state index >= 15 is 0 Å². The van der Waals surface area contributed by atoms with Crippen molar-refractivity contribution in [1.82, 2.24) is 14.9 Å². The molecule has 0 aliphatic heterocycles. The Labute approximate surface area is 155 Å². The van der Waals surface area contributed by atoms with Gasteiger partial charge < -0.3 is 15.6 Å². The van der Waals surface area contributed by atoms with Gasteiger partial charge in [-0.1, -0.05) is 23.9 Å². The van der Waals surface area contributed by atoms with E-state index in [-0.39, 0.29) is 16.7 Å². The summed E-state index contributed by atoms with van der Waals surface area (Å²) in [6.07, 6.45) is -3.12. The lowest BCUT2D eigenvalue weighted by molar-refractivity contribution is -0.137. The highest BCUT2D eigenvalue weighted by Crippen LogP contribution is 2.35. The zero-order chi connectivity index (χ0) is 19.6. The first kappa shape index (κ1) is 18.8. The minimum atomic E-state index is -4.57. The smallest absolute Gasteiger partial charge is 0.418 e. The molecule has 0 aliphatic carbocycles. The predicted molar refractivity (Wildman–Crippen MR) is 93.3 cm³/mol. The molecule has 7 nitrogen and oxygen atoms in total.